The summed E-state index contributed by atoms with van der Waals surface area (Å²) in [7, 11) is 1.36. The highest BCUT2D eigenvalue weighted by Crippen LogP contribution is 2.66. The topological polar surface area (TPSA) is 46.5 Å². The molecule has 2 atom stereocenters. The van der Waals surface area contributed by atoms with Crippen LogP contribution in [0.25, 0.3) is 0 Å². The van der Waals surface area contributed by atoms with Crippen LogP contribution in [-0.4, -0.2) is 18.2 Å². The molecule has 0 saturated heterocycles. The van der Waals surface area contributed by atoms with Crippen LogP contribution in [0.15, 0.2) is 18.2 Å². The molecule has 0 radical (unpaired) electrons. The van der Waals surface area contributed by atoms with Crippen molar-refractivity contribution in [3.63, 3.8) is 0 Å². The van der Waals surface area contributed by atoms with Crippen LogP contribution in [0.1, 0.15) is 30.9 Å². The van der Waals surface area contributed by atoms with Crippen LogP contribution >= 0.6 is 0 Å². The van der Waals surface area contributed by atoms with E-state index in [1.54, 1.807) is 13.8 Å². The number of hydrogen-bond donors (Lipinski definition) is 1. The summed E-state index contributed by atoms with van der Waals surface area (Å²) in [5.41, 5.74) is -1.07. The van der Waals surface area contributed by atoms with Gasteiger partial charge in [-0.1, -0.05) is 13.8 Å². The van der Waals surface area contributed by atoms with Gasteiger partial charge in [0.25, 0.3) is 0 Å². The largest absolute Gasteiger partial charge is 0.496 e. The van der Waals surface area contributed by atoms with Gasteiger partial charge in [-0.05, 0) is 29.2 Å². The first-order valence-electron chi connectivity index (χ1n) is 6.08. The Hall–Kier alpha value is -1.72. The highest BCUT2D eigenvalue weighted by molar-refractivity contribution is 5.78. The zero-order valence-corrected chi connectivity index (χ0v) is 11.3. The van der Waals surface area contributed by atoms with E-state index in [0.717, 1.165) is 12.1 Å². The number of carboxylic acid groups (broad SMARTS) is 1. The van der Waals surface area contributed by atoms with Gasteiger partial charge in [0.2, 0.25) is 0 Å². The van der Waals surface area contributed by atoms with Crippen molar-refractivity contribution in [3.8, 4) is 5.75 Å². The second kappa shape index (κ2) is 4.40. The maximum absolute atomic E-state index is 12.8. The minimum absolute atomic E-state index is 0.292. The summed E-state index contributed by atoms with van der Waals surface area (Å²) in [6.45, 7) is 3.46. The van der Waals surface area contributed by atoms with Gasteiger partial charge in [0.05, 0.1) is 18.6 Å². The standard InChI is InChI=1S/C14H15F3O3/c1-13(2)10(11(13)12(18)19)8-6-7(14(15,16)17)4-5-9(8)20-3/h4-6,10-11H,1-3H3,(H,18,19). The van der Waals surface area contributed by atoms with Crippen LogP contribution in [0, 0.1) is 11.3 Å². The predicted octanol–water partition coefficient (Wildman–Crippen LogP) is 3.54. The minimum atomic E-state index is -4.46. The van der Waals surface area contributed by atoms with Crippen LogP contribution in [0.4, 0.5) is 13.2 Å². The summed E-state index contributed by atoms with van der Waals surface area (Å²) in [6, 6.07) is 3.17. The Morgan fingerprint density at radius 2 is 1.95 bits per heavy atom. The number of halogens is 3. The number of carboxylic acids is 1. The second-order valence-corrected chi connectivity index (χ2v) is 5.57. The Kier molecular flexibility index (Phi) is 3.23. The van der Waals surface area contributed by atoms with E-state index in [4.69, 9.17) is 9.84 Å². The molecule has 1 aliphatic rings. The van der Waals surface area contributed by atoms with Gasteiger partial charge in [0.15, 0.2) is 0 Å². The van der Waals surface area contributed by atoms with Crippen molar-refractivity contribution in [2.75, 3.05) is 7.11 Å². The monoisotopic (exact) mass is 288 g/mol. The lowest BCUT2D eigenvalue weighted by atomic mass is 10.00. The fourth-order valence-corrected chi connectivity index (χ4v) is 2.83. The first-order chi connectivity index (χ1) is 9.10. The van der Waals surface area contributed by atoms with Crippen molar-refractivity contribution in [2.45, 2.75) is 25.9 Å². The maximum Gasteiger partial charge on any atom is 0.416 e. The smallest absolute Gasteiger partial charge is 0.416 e. The lowest BCUT2D eigenvalue weighted by molar-refractivity contribution is -0.139. The normalized spacial score (nSPS) is 24.3. The quantitative estimate of drug-likeness (QED) is 0.925. The van der Waals surface area contributed by atoms with Crippen LogP contribution < -0.4 is 4.74 Å². The summed E-state index contributed by atoms with van der Waals surface area (Å²) < 4.78 is 43.4. The molecular formula is C14H15F3O3. The number of benzene rings is 1. The third kappa shape index (κ3) is 2.23. The molecule has 0 aliphatic heterocycles. The molecule has 0 heterocycles. The van der Waals surface area contributed by atoms with Gasteiger partial charge >= 0.3 is 12.1 Å². The third-order valence-corrected chi connectivity index (χ3v) is 3.99. The molecule has 2 unspecified atom stereocenters. The highest BCUT2D eigenvalue weighted by Gasteiger charge is 2.63. The summed E-state index contributed by atoms with van der Waals surface area (Å²) >= 11 is 0. The summed E-state index contributed by atoms with van der Waals surface area (Å²) in [4.78, 5) is 11.2. The molecule has 1 fully saturated rings. The molecule has 1 N–H and O–H groups in total. The molecule has 3 nitrogen and oxygen atoms in total. The first-order valence-corrected chi connectivity index (χ1v) is 6.08. The molecule has 20 heavy (non-hydrogen) atoms. The number of ether oxygens (including phenoxy) is 1. The Balaban J connectivity index is 2.48. The van der Waals surface area contributed by atoms with Crippen LogP contribution in [0.2, 0.25) is 0 Å². The van der Waals surface area contributed by atoms with Crippen LogP contribution in [0.5, 0.6) is 5.75 Å². The molecule has 2 rings (SSSR count). The van der Waals surface area contributed by atoms with E-state index in [2.05, 4.69) is 0 Å². The van der Waals surface area contributed by atoms with E-state index in [1.807, 2.05) is 0 Å². The lowest BCUT2D eigenvalue weighted by Gasteiger charge is -2.13. The third-order valence-electron chi connectivity index (χ3n) is 3.99. The minimum Gasteiger partial charge on any atom is -0.496 e. The molecule has 1 aliphatic carbocycles. The average molecular weight is 288 g/mol. The zero-order chi connectivity index (χ0) is 15.3. The average Bonchev–Trinajstić information content (AvgIpc) is 2.90. The van der Waals surface area contributed by atoms with Crippen molar-refractivity contribution in [2.24, 2.45) is 11.3 Å². The Labute approximate surface area is 114 Å². The molecule has 110 valence electrons. The molecular weight excluding hydrogens is 273 g/mol. The number of hydrogen-bond acceptors (Lipinski definition) is 2. The highest BCUT2D eigenvalue weighted by atomic mass is 19.4. The van der Waals surface area contributed by atoms with Crippen LogP contribution in [0.3, 0.4) is 0 Å². The van der Waals surface area contributed by atoms with Crippen LogP contribution in [-0.2, 0) is 11.0 Å². The van der Waals surface area contributed by atoms with Gasteiger partial charge in [-0.25, -0.2) is 0 Å². The number of aliphatic carboxylic acids is 1. The number of methoxy groups -OCH3 is 1. The van der Waals surface area contributed by atoms with E-state index in [0.29, 0.717) is 11.3 Å². The number of alkyl halides is 3. The van der Waals surface area contributed by atoms with Crippen molar-refractivity contribution in [1.82, 2.24) is 0 Å². The fraction of sp³-hybridized carbons (Fsp3) is 0.500. The number of rotatable bonds is 3. The van der Waals surface area contributed by atoms with Crippen molar-refractivity contribution in [1.29, 1.82) is 0 Å². The molecule has 1 saturated carbocycles. The van der Waals surface area contributed by atoms with E-state index in [-0.39, 0.29) is 0 Å². The summed E-state index contributed by atoms with van der Waals surface area (Å²) in [5, 5.41) is 9.15. The summed E-state index contributed by atoms with van der Waals surface area (Å²) in [6.07, 6.45) is -4.46. The van der Waals surface area contributed by atoms with E-state index in [9.17, 15) is 18.0 Å². The lowest BCUT2D eigenvalue weighted by Crippen LogP contribution is -2.07. The van der Waals surface area contributed by atoms with E-state index >= 15 is 0 Å². The SMILES string of the molecule is COc1ccc(C(F)(F)F)cc1C1C(C(=O)O)C1(C)C. The molecule has 1 aromatic carbocycles. The Bertz CT molecular complexity index is 549. The van der Waals surface area contributed by atoms with Gasteiger partial charge in [-0.3, -0.25) is 4.79 Å². The van der Waals surface area contributed by atoms with Gasteiger partial charge < -0.3 is 9.84 Å². The predicted molar refractivity (Wildman–Crippen MR) is 65.6 cm³/mol. The van der Waals surface area contributed by atoms with E-state index < -0.39 is 35.0 Å². The van der Waals surface area contributed by atoms with Gasteiger partial charge in [0.1, 0.15) is 5.75 Å². The molecule has 0 spiro atoms. The Morgan fingerprint density at radius 3 is 2.35 bits per heavy atom. The fourth-order valence-electron chi connectivity index (χ4n) is 2.83. The Morgan fingerprint density at radius 1 is 1.35 bits per heavy atom. The molecule has 1 aromatic rings. The molecule has 6 heteroatoms. The maximum atomic E-state index is 12.8. The zero-order valence-electron chi connectivity index (χ0n) is 11.3. The summed E-state index contributed by atoms with van der Waals surface area (Å²) in [5.74, 6) is -1.88. The van der Waals surface area contributed by atoms with Crippen molar-refractivity contribution < 1.29 is 27.8 Å². The van der Waals surface area contributed by atoms with Crippen molar-refractivity contribution >= 4 is 5.97 Å². The second-order valence-electron chi connectivity index (χ2n) is 5.57. The number of carbonyl (C=O) groups is 1. The first kappa shape index (κ1) is 14.7. The molecule has 0 aromatic heterocycles. The molecule has 0 bridgehead atoms. The van der Waals surface area contributed by atoms with Crippen molar-refractivity contribution in [3.05, 3.63) is 29.3 Å². The van der Waals surface area contributed by atoms with Gasteiger partial charge in [0, 0.05) is 5.92 Å². The molecule has 0 amide bonds. The van der Waals surface area contributed by atoms with E-state index in [1.165, 1.54) is 13.2 Å². The van der Waals surface area contributed by atoms with Gasteiger partial charge in [-0.2, -0.15) is 13.2 Å². The van der Waals surface area contributed by atoms with Gasteiger partial charge in [-0.15, -0.1) is 0 Å².